The van der Waals surface area contributed by atoms with E-state index in [9.17, 15) is 19.8 Å². The van der Waals surface area contributed by atoms with Gasteiger partial charge in [0.05, 0.1) is 25.4 Å². The Morgan fingerprint density at radius 2 is 0.602 bits per heavy atom. The number of nitrogens with one attached hydrogen (secondary N) is 1. The lowest BCUT2D eigenvalue weighted by molar-refractivity contribution is -0.143. The fraction of sp³-hybridized carbons (Fsp3) is 0.922. The molecule has 0 saturated heterocycles. The quantitative estimate of drug-likeness (QED) is 0.0320. The number of aliphatic hydroxyl groups is 2. The van der Waals surface area contributed by atoms with E-state index in [1.54, 1.807) is 0 Å². The van der Waals surface area contributed by atoms with E-state index in [1.807, 2.05) is 0 Å². The molecule has 2 unspecified atom stereocenters. The summed E-state index contributed by atoms with van der Waals surface area (Å²) < 4.78 is 5.52. The highest BCUT2D eigenvalue weighted by atomic mass is 16.5. The summed E-state index contributed by atoms with van der Waals surface area (Å²) >= 11 is 0. The molecule has 0 aliphatic rings. The number of carbonyl (C=O) groups excluding carboxylic acids is 2. The van der Waals surface area contributed by atoms with Gasteiger partial charge >= 0.3 is 5.97 Å². The van der Waals surface area contributed by atoms with Crippen LogP contribution in [0.15, 0.2) is 24.3 Å². The van der Waals surface area contributed by atoms with E-state index in [4.69, 9.17) is 4.74 Å². The second-order valence-electron chi connectivity index (χ2n) is 26.3. The Balaban J connectivity index is 3.30. The van der Waals surface area contributed by atoms with Crippen molar-refractivity contribution in [2.24, 2.45) is 0 Å². The minimum atomic E-state index is -0.659. The number of carbonyl (C=O) groups is 2. The maximum Gasteiger partial charge on any atom is 0.305 e. The van der Waals surface area contributed by atoms with Gasteiger partial charge in [0.2, 0.25) is 5.91 Å². The van der Waals surface area contributed by atoms with E-state index in [2.05, 4.69) is 43.5 Å². The van der Waals surface area contributed by atoms with Crippen molar-refractivity contribution in [1.29, 1.82) is 0 Å². The van der Waals surface area contributed by atoms with Crippen LogP contribution in [-0.4, -0.2) is 47.4 Å². The van der Waals surface area contributed by atoms with Crippen LogP contribution in [0.2, 0.25) is 0 Å². The zero-order chi connectivity index (χ0) is 59.9. The Bertz CT molecular complexity index is 1300. The molecule has 0 rings (SSSR count). The van der Waals surface area contributed by atoms with Crippen LogP contribution in [0.5, 0.6) is 0 Å². The van der Waals surface area contributed by atoms with Gasteiger partial charge in [0.25, 0.3) is 0 Å². The Hall–Kier alpha value is -1.66. The van der Waals surface area contributed by atoms with Crippen LogP contribution in [0, 0.1) is 0 Å². The second-order valence-corrected chi connectivity index (χ2v) is 26.3. The van der Waals surface area contributed by atoms with Crippen LogP contribution < -0.4 is 5.32 Å². The fourth-order valence-electron chi connectivity index (χ4n) is 12.2. The van der Waals surface area contributed by atoms with Crippen LogP contribution in [0.4, 0.5) is 0 Å². The SMILES string of the molecule is CCCCCCCCCCCCCCCCCCCCC(=O)OCCCCCCCCCCCCCCCCC/C=C\C/C=C\CCCCCCCCCCCCCCCCCCCC(=O)NC(CO)C(O)CCCCCCCCCCC. The molecule has 492 valence electrons. The molecule has 6 heteroatoms. The van der Waals surface area contributed by atoms with Crippen molar-refractivity contribution in [2.45, 2.75) is 443 Å². The van der Waals surface area contributed by atoms with Crippen molar-refractivity contribution < 1.29 is 24.5 Å². The van der Waals surface area contributed by atoms with Gasteiger partial charge < -0.3 is 20.3 Å². The van der Waals surface area contributed by atoms with Gasteiger partial charge in [-0.25, -0.2) is 0 Å². The van der Waals surface area contributed by atoms with Crippen LogP contribution in [-0.2, 0) is 14.3 Å². The van der Waals surface area contributed by atoms with Gasteiger partial charge in [0.1, 0.15) is 0 Å². The molecule has 0 aliphatic heterocycles. The Labute approximate surface area is 520 Å². The summed E-state index contributed by atoms with van der Waals surface area (Å²) in [6, 6.07) is -0.536. The topological polar surface area (TPSA) is 95.9 Å². The summed E-state index contributed by atoms with van der Waals surface area (Å²) in [6.45, 7) is 4.97. The molecule has 0 radical (unpaired) electrons. The Morgan fingerprint density at radius 3 is 0.916 bits per heavy atom. The number of esters is 1. The average Bonchev–Trinajstić information content (AvgIpc) is 3.49. The number of hydrogen-bond acceptors (Lipinski definition) is 5. The monoisotopic (exact) mass is 1170 g/mol. The largest absolute Gasteiger partial charge is 0.466 e. The van der Waals surface area contributed by atoms with Gasteiger partial charge in [-0.15, -0.1) is 0 Å². The smallest absolute Gasteiger partial charge is 0.305 e. The van der Waals surface area contributed by atoms with E-state index in [1.165, 1.54) is 353 Å². The van der Waals surface area contributed by atoms with Gasteiger partial charge in [-0.3, -0.25) is 9.59 Å². The van der Waals surface area contributed by atoms with Gasteiger partial charge in [-0.1, -0.05) is 385 Å². The highest BCUT2D eigenvalue weighted by Crippen LogP contribution is 2.20. The third-order valence-electron chi connectivity index (χ3n) is 18.0. The molecule has 83 heavy (non-hydrogen) atoms. The van der Waals surface area contributed by atoms with Crippen molar-refractivity contribution in [3.63, 3.8) is 0 Å². The lowest BCUT2D eigenvalue weighted by atomic mass is 10.0. The van der Waals surface area contributed by atoms with E-state index >= 15 is 0 Å². The molecular weight excluding hydrogens is 1020 g/mol. The summed E-state index contributed by atoms with van der Waals surface area (Å²) in [5.41, 5.74) is 0. The molecular formula is C77H149NO5. The van der Waals surface area contributed by atoms with E-state index in [0.717, 1.165) is 44.9 Å². The number of rotatable bonds is 72. The third kappa shape index (κ3) is 69.3. The fourth-order valence-corrected chi connectivity index (χ4v) is 12.2. The van der Waals surface area contributed by atoms with Gasteiger partial charge in [0.15, 0.2) is 0 Å². The Kier molecular flexibility index (Phi) is 71.4. The number of unbranched alkanes of at least 4 members (excludes halogenated alkanes) is 57. The normalized spacial score (nSPS) is 12.6. The highest BCUT2D eigenvalue weighted by molar-refractivity contribution is 5.76. The average molecular weight is 1170 g/mol. The minimum absolute atomic E-state index is 0.0255. The minimum Gasteiger partial charge on any atom is -0.466 e. The number of aliphatic hydroxyl groups excluding tert-OH is 2. The molecule has 0 aliphatic carbocycles. The molecule has 2 atom stereocenters. The van der Waals surface area contributed by atoms with E-state index in [-0.39, 0.29) is 18.5 Å². The summed E-state index contributed by atoms with van der Waals surface area (Å²) in [5, 5.41) is 23.2. The summed E-state index contributed by atoms with van der Waals surface area (Å²) in [4.78, 5) is 24.6. The summed E-state index contributed by atoms with van der Waals surface area (Å²) in [5.74, 6) is -0.00683. The number of hydrogen-bond donors (Lipinski definition) is 3. The molecule has 0 aromatic rings. The molecule has 0 fully saturated rings. The standard InChI is InChI=1S/C77H149NO5/c1-3-5-7-9-11-13-14-15-16-17-42-45-48-51-55-59-63-67-71-77(82)83-72-68-64-60-56-52-49-46-43-40-38-36-34-32-30-28-26-24-22-20-18-19-21-23-25-27-29-31-33-35-37-39-41-44-47-50-54-58-62-66-70-76(81)78-74(73-79)75(80)69-65-61-57-53-12-10-8-6-4-2/h18-19,22,24,74-75,79-80H,3-17,20-21,23,25-73H2,1-2H3,(H,78,81)/b19-18-,24-22-. The lowest BCUT2D eigenvalue weighted by Crippen LogP contribution is -2.45. The predicted molar refractivity (Wildman–Crippen MR) is 366 cm³/mol. The lowest BCUT2D eigenvalue weighted by Gasteiger charge is -2.22. The van der Waals surface area contributed by atoms with Crippen LogP contribution in [0.3, 0.4) is 0 Å². The van der Waals surface area contributed by atoms with Gasteiger partial charge in [0, 0.05) is 12.8 Å². The van der Waals surface area contributed by atoms with Crippen molar-refractivity contribution in [3.8, 4) is 0 Å². The summed E-state index contributed by atoms with van der Waals surface area (Å²) in [7, 11) is 0. The highest BCUT2D eigenvalue weighted by Gasteiger charge is 2.20. The van der Waals surface area contributed by atoms with E-state index in [0.29, 0.717) is 25.9 Å². The first-order valence-electron chi connectivity index (χ1n) is 38.1. The van der Waals surface area contributed by atoms with Gasteiger partial charge in [-0.2, -0.15) is 0 Å². The van der Waals surface area contributed by atoms with Gasteiger partial charge in [-0.05, 0) is 57.8 Å². The molecule has 0 bridgehead atoms. The molecule has 1 amide bonds. The first-order chi connectivity index (χ1) is 41.0. The molecule has 3 N–H and O–H groups in total. The first kappa shape index (κ1) is 81.3. The maximum atomic E-state index is 12.4. The second kappa shape index (κ2) is 72.8. The molecule has 0 heterocycles. The zero-order valence-corrected chi connectivity index (χ0v) is 56.5. The molecule has 0 aromatic carbocycles. The summed E-state index contributed by atoms with van der Waals surface area (Å²) in [6.07, 6.45) is 92.8. The molecule has 6 nitrogen and oxygen atoms in total. The van der Waals surface area contributed by atoms with Crippen molar-refractivity contribution >= 4 is 11.9 Å². The predicted octanol–water partition coefficient (Wildman–Crippen LogP) is 24.9. The molecule has 0 aromatic heterocycles. The van der Waals surface area contributed by atoms with Crippen molar-refractivity contribution in [3.05, 3.63) is 24.3 Å². The van der Waals surface area contributed by atoms with Crippen molar-refractivity contribution in [1.82, 2.24) is 5.32 Å². The van der Waals surface area contributed by atoms with Crippen LogP contribution in [0.25, 0.3) is 0 Å². The molecule has 0 spiro atoms. The third-order valence-corrected chi connectivity index (χ3v) is 18.0. The maximum absolute atomic E-state index is 12.4. The number of allylic oxidation sites excluding steroid dienone is 4. The number of amides is 1. The van der Waals surface area contributed by atoms with Crippen molar-refractivity contribution in [2.75, 3.05) is 13.2 Å². The van der Waals surface area contributed by atoms with Crippen LogP contribution >= 0.6 is 0 Å². The van der Waals surface area contributed by atoms with Crippen LogP contribution in [0.1, 0.15) is 431 Å². The Morgan fingerprint density at radius 1 is 0.337 bits per heavy atom. The molecule has 0 saturated carbocycles. The zero-order valence-electron chi connectivity index (χ0n) is 56.5. The number of ether oxygens (including phenoxy) is 1. The first-order valence-corrected chi connectivity index (χ1v) is 38.1. The van der Waals surface area contributed by atoms with E-state index < -0.39 is 12.1 Å².